The van der Waals surface area contributed by atoms with Gasteiger partial charge in [0.1, 0.15) is 0 Å². The van der Waals surface area contributed by atoms with E-state index in [1.165, 1.54) is 4.90 Å². The summed E-state index contributed by atoms with van der Waals surface area (Å²) in [7, 11) is 2.70. The van der Waals surface area contributed by atoms with Gasteiger partial charge in [-0.25, -0.2) is 12.8 Å². The molecule has 20 heavy (non-hydrogen) atoms. The molecule has 0 aliphatic rings. The molecule has 0 spiro atoms. The number of ether oxygens (including phenoxy) is 1. The monoisotopic (exact) mass is 323 g/mol. The van der Waals surface area contributed by atoms with Crippen LogP contribution in [0.5, 0.6) is 5.75 Å². The molecule has 112 valence electrons. The largest absolute Gasteiger partial charge is 0.481 e. The van der Waals surface area contributed by atoms with Gasteiger partial charge in [0.15, 0.2) is 18.2 Å². The van der Waals surface area contributed by atoms with Crippen LogP contribution in [0.25, 0.3) is 0 Å². The molecule has 0 radical (unpaired) electrons. The number of amides is 1. The minimum absolute atomic E-state index is 0.000265. The third-order valence-corrected chi connectivity index (χ3v) is 4.06. The maximum absolute atomic E-state index is 13.6. The average molecular weight is 324 g/mol. The Kier molecular flexibility index (Phi) is 5.35. The van der Waals surface area contributed by atoms with Gasteiger partial charge in [-0.1, -0.05) is 0 Å². The fourth-order valence-electron chi connectivity index (χ4n) is 1.28. The molecule has 0 unspecified atom stereocenters. The van der Waals surface area contributed by atoms with Crippen LogP contribution < -0.4 is 4.74 Å². The summed E-state index contributed by atoms with van der Waals surface area (Å²) in [4.78, 5) is 12.7. The number of carbonyl (C=O) groups is 1. The molecule has 1 amide bonds. The SMILES string of the molecule is CC(C)N(C)C(=O)COc1ccc(S(=O)(=O)Cl)cc1F. The number of likely N-dealkylation sites (N-methyl/N-ethyl adjacent to an activating group) is 1. The number of hydrogen-bond acceptors (Lipinski definition) is 4. The van der Waals surface area contributed by atoms with E-state index in [1.807, 2.05) is 13.8 Å². The van der Waals surface area contributed by atoms with Crippen LogP contribution in [0.1, 0.15) is 13.8 Å². The van der Waals surface area contributed by atoms with E-state index in [9.17, 15) is 17.6 Å². The molecule has 0 aliphatic heterocycles. The molecular formula is C12H15ClFNO4S. The van der Waals surface area contributed by atoms with Crippen LogP contribution in [0.4, 0.5) is 4.39 Å². The zero-order valence-electron chi connectivity index (χ0n) is 11.3. The second-order valence-corrected chi connectivity index (χ2v) is 6.98. The van der Waals surface area contributed by atoms with E-state index in [2.05, 4.69) is 0 Å². The summed E-state index contributed by atoms with van der Waals surface area (Å²) in [6, 6.07) is 2.97. The fourth-order valence-corrected chi connectivity index (χ4v) is 2.04. The Balaban J connectivity index is 2.78. The number of rotatable bonds is 5. The zero-order chi connectivity index (χ0) is 15.5. The van der Waals surface area contributed by atoms with Gasteiger partial charge in [-0.2, -0.15) is 0 Å². The Bertz CT molecular complexity index is 603. The van der Waals surface area contributed by atoms with Crippen LogP contribution in [0.2, 0.25) is 0 Å². The van der Waals surface area contributed by atoms with Crippen molar-refractivity contribution >= 4 is 25.6 Å². The second kappa shape index (κ2) is 6.41. The number of carbonyl (C=O) groups excluding carboxylic acids is 1. The van der Waals surface area contributed by atoms with Crippen LogP contribution in [0.15, 0.2) is 23.1 Å². The van der Waals surface area contributed by atoms with Crippen LogP contribution in [0.3, 0.4) is 0 Å². The molecule has 0 heterocycles. The van der Waals surface area contributed by atoms with Crippen molar-refractivity contribution in [3.8, 4) is 5.75 Å². The zero-order valence-corrected chi connectivity index (χ0v) is 12.8. The molecular weight excluding hydrogens is 309 g/mol. The molecule has 0 bridgehead atoms. The van der Waals surface area contributed by atoms with Crippen molar-refractivity contribution in [1.29, 1.82) is 0 Å². The average Bonchev–Trinajstić information content (AvgIpc) is 2.34. The van der Waals surface area contributed by atoms with Gasteiger partial charge in [-0.05, 0) is 32.0 Å². The number of nitrogens with zero attached hydrogens (tertiary/aromatic N) is 1. The highest BCUT2D eigenvalue weighted by atomic mass is 35.7. The highest BCUT2D eigenvalue weighted by Crippen LogP contribution is 2.23. The summed E-state index contributed by atoms with van der Waals surface area (Å²) in [6.45, 7) is 3.33. The molecule has 1 aromatic carbocycles. The molecule has 1 aromatic rings. The lowest BCUT2D eigenvalue weighted by Gasteiger charge is -2.21. The fraction of sp³-hybridized carbons (Fsp3) is 0.417. The lowest BCUT2D eigenvalue weighted by atomic mass is 10.3. The number of hydrogen-bond donors (Lipinski definition) is 0. The summed E-state index contributed by atoms with van der Waals surface area (Å²) in [6.07, 6.45) is 0. The first-order valence-corrected chi connectivity index (χ1v) is 8.06. The van der Waals surface area contributed by atoms with E-state index in [4.69, 9.17) is 15.4 Å². The molecule has 0 atom stereocenters. The van der Waals surface area contributed by atoms with E-state index in [0.717, 1.165) is 18.2 Å². The van der Waals surface area contributed by atoms with Crippen molar-refractivity contribution in [3.05, 3.63) is 24.0 Å². The van der Waals surface area contributed by atoms with Crippen LogP contribution in [-0.2, 0) is 13.8 Å². The third-order valence-electron chi connectivity index (χ3n) is 2.70. The minimum atomic E-state index is -4.00. The molecule has 0 saturated heterocycles. The van der Waals surface area contributed by atoms with Crippen molar-refractivity contribution in [3.63, 3.8) is 0 Å². The highest BCUT2D eigenvalue weighted by Gasteiger charge is 2.16. The second-order valence-electron chi connectivity index (χ2n) is 4.42. The molecule has 0 fully saturated rings. The topological polar surface area (TPSA) is 63.7 Å². The van der Waals surface area contributed by atoms with Gasteiger partial charge < -0.3 is 9.64 Å². The van der Waals surface area contributed by atoms with Gasteiger partial charge in [-0.15, -0.1) is 0 Å². The predicted molar refractivity (Wildman–Crippen MR) is 72.8 cm³/mol. The van der Waals surface area contributed by atoms with Crippen molar-refractivity contribution in [2.75, 3.05) is 13.7 Å². The Morgan fingerprint density at radius 2 is 2.05 bits per heavy atom. The Morgan fingerprint density at radius 1 is 1.45 bits per heavy atom. The quantitative estimate of drug-likeness (QED) is 0.777. The third kappa shape index (κ3) is 4.35. The Morgan fingerprint density at radius 3 is 2.50 bits per heavy atom. The smallest absolute Gasteiger partial charge is 0.261 e. The first kappa shape index (κ1) is 16.7. The molecule has 0 saturated carbocycles. The maximum atomic E-state index is 13.6. The first-order chi connectivity index (χ1) is 9.12. The van der Waals surface area contributed by atoms with Gasteiger partial charge in [0.25, 0.3) is 15.0 Å². The van der Waals surface area contributed by atoms with Gasteiger partial charge in [-0.3, -0.25) is 4.79 Å². The van der Waals surface area contributed by atoms with Crippen molar-refractivity contribution in [1.82, 2.24) is 4.90 Å². The van der Waals surface area contributed by atoms with E-state index in [0.29, 0.717) is 0 Å². The van der Waals surface area contributed by atoms with E-state index in [1.54, 1.807) is 7.05 Å². The van der Waals surface area contributed by atoms with E-state index < -0.39 is 14.9 Å². The van der Waals surface area contributed by atoms with Crippen LogP contribution >= 0.6 is 10.7 Å². The highest BCUT2D eigenvalue weighted by molar-refractivity contribution is 8.13. The van der Waals surface area contributed by atoms with Gasteiger partial charge >= 0.3 is 0 Å². The normalized spacial score (nSPS) is 11.5. The Hall–Kier alpha value is -1.34. The standard InChI is InChI=1S/C12H15ClFNO4S/c1-8(2)15(3)12(16)7-19-11-5-4-9(6-10(11)14)20(13,17)18/h4-6,8H,7H2,1-3H3. The molecule has 0 aromatic heterocycles. The maximum Gasteiger partial charge on any atom is 0.261 e. The Labute approximate surface area is 121 Å². The molecule has 1 rings (SSSR count). The minimum Gasteiger partial charge on any atom is -0.481 e. The molecule has 8 heteroatoms. The lowest BCUT2D eigenvalue weighted by molar-refractivity contribution is -0.133. The van der Waals surface area contributed by atoms with Gasteiger partial charge in [0, 0.05) is 23.8 Å². The summed E-state index contributed by atoms with van der Waals surface area (Å²) in [5, 5.41) is 0. The molecule has 0 aliphatic carbocycles. The summed E-state index contributed by atoms with van der Waals surface area (Å²) >= 11 is 0. The van der Waals surface area contributed by atoms with Gasteiger partial charge in [0.05, 0.1) is 4.90 Å². The number of halogens is 2. The summed E-state index contributed by atoms with van der Waals surface area (Å²) < 4.78 is 40.7. The molecule has 0 N–H and O–H groups in total. The summed E-state index contributed by atoms with van der Waals surface area (Å²) in [5.41, 5.74) is 0. The molecule has 5 nitrogen and oxygen atoms in total. The van der Waals surface area contributed by atoms with Crippen molar-refractivity contribution in [2.24, 2.45) is 0 Å². The lowest BCUT2D eigenvalue weighted by Crippen LogP contribution is -2.36. The van der Waals surface area contributed by atoms with E-state index >= 15 is 0 Å². The summed E-state index contributed by atoms with van der Waals surface area (Å²) in [5.74, 6) is -1.42. The van der Waals surface area contributed by atoms with Gasteiger partial charge in [0.2, 0.25) is 0 Å². The first-order valence-electron chi connectivity index (χ1n) is 5.75. The predicted octanol–water partition coefficient (Wildman–Crippen LogP) is 2.00. The number of benzene rings is 1. The van der Waals surface area contributed by atoms with Crippen molar-refractivity contribution < 1.29 is 22.3 Å². The van der Waals surface area contributed by atoms with Crippen LogP contribution in [-0.4, -0.2) is 38.9 Å². The van der Waals surface area contributed by atoms with E-state index in [-0.39, 0.29) is 29.2 Å². The van der Waals surface area contributed by atoms with Crippen molar-refractivity contribution in [2.45, 2.75) is 24.8 Å². The van der Waals surface area contributed by atoms with Crippen LogP contribution in [0, 0.1) is 5.82 Å².